The van der Waals surface area contributed by atoms with Crippen LogP contribution in [0.1, 0.15) is 44.8 Å². The maximum absolute atomic E-state index is 11.4. The molecule has 0 unspecified atom stereocenters. The molecule has 0 aromatic carbocycles. The number of rotatable bonds is 7. The second kappa shape index (κ2) is 8.89. The van der Waals surface area contributed by atoms with Crippen molar-refractivity contribution in [3.63, 3.8) is 0 Å². The van der Waals surface area contributed by atoms with E-state index in [1.54, 1.807) is 6.92 Å². The molecule has 0 fully saturated rings. The summed E-state index contributed by atoms with van der Waals surface area (Å²) in [5.41, 5.74) is 4.39. The topological polar surface area (TPSA) is 106 Å². The van der Waals surface area contributed by atoms with Crippen molar-refractivity contribution in [1.82, 2.24) is 21.0 Å². The van der Waals surface area contributed by atoms with Crippen LogP contribution < -0.4 is 10.9 Å². The second-order valence-corrected chi connectivity index (χ2v) is 4.10. The SMILES string of the molecule is CCCc1noc(CCCC(=O)NNC(=O)OCC)n1. The van der Waals surface area contributed by atoms with Crippen LogP contribution in [0.3, 0.4) is 0 Å². The van der Waals surface area contributed by atoms with Gasteiger partial charge in [-0.15, -0.1) is 0 Å². The standard InChI is InChI=1S/C12H20N4O4/c1-3-6-9-13-11(20-16-9)8-5-7-10(17)14-15-12(18)19-4-2/h3-8H2,1-2H3,(H,14,17)(H,15,18). The molecule has 112 valence electrons. The first-order valence-electron chi connectivity index (χ1n) is 6.68. The number of hydrogen-bond donors (Lipinski definition) is 2. The van der Waals surface area contributed by atoms with Crippen LogP contribution in [0.2, 0.25) is 0 Å². The maximum Gasteiger partial charge on any atom is 0.426 e. The number of nitrogens with zero attached hydrogens (tertiary/aromatic N) is 2. The summed E-state index contributed by atoms with van der Waals surface area (Å²) in [5.74, 6) is 0.918. The van der Waals surface area contributed by atoms with Gasteiger partial charge in [-0.05, 0) is 19.8 Å². The van der Waals surface area contributed by atoms with Crippen molar-refractivity contribution in [3.8, 4) is 0 Å². The molecule has 0 saturated heterocycles. The fourth-order valence-corrected chi connectivity index (χ4v) is 1.47. The van der Waals surface area contributed by atoms with Gasteiger partial charge in [-0.25, -0.2) is 10.2 Å². The van der Waals surface area contributed by atoms with Gasteiger partial charge < -0.3 is 9.26 Å². The number of nitrogens with one attached hydrogen (secondary N) is 2. The lowest BCUT2D eigenvalue weighted by Crippen LogP contribution is -2.41. The van der Waals surface area contributed by atoms with Gasteiger partial charge in [0.1, 0.15) is 0 Å². The second-order valence-electron chi connectivity index (χ2n) is 4.10. The molecule has 0 radical (unpaired) electrons. The maximum atomic E-state index is 11.4. The Morgan fingerprint density at radius 1 is 1.25 bits per heavy atom. The molecule has 0 spiro atoms. The molecule has 0 saturated carbocycles. The largest absolute Gasteiger partial charge is 0.449 e. The highest BCUT2D eigenvalue weighted by Gasteiger charge is 2.08. The normalized spacial score (nSPS) is 10.1. The van der Waals surface area contributed by atoms with E-state index in [0.717, 1.165) is 12.8 Å². The van der Waals surface area contributed by atoms with Crippen molar-refractivity contribution >= 4 is 12.0 Å². The van der Waals surface area contributed by atoms with E-state index in [1.165, 1.54) is 0 Å². The number of ether oxygens (including phenoxy) is 1. The van der Waals surface area contributed by atoms with Crippen LogP contribution in [-0.4, -0.2) is 28.7 Å². The molecule has 1 aromatic rings. The van der Waals surface area contributed by atoms with Gasteiger partial charge in [-0.1, -0.05) is 12.1 Å². The van der Waals surface area contributed by atoms with Gasteiger partial charge in [0.2, 0.25) is 11.8 Å². The van der Waals surface area contributed by atoms with Crippen LogP contribution >= 0.6 is 0 Å². The summed E-state index contributed by atoms with van der Waals surface area (Å²) in [4.78, 5) is 26.5. The third kappa shape index (κ3) is 6.17. The Hall–Kier alpha value is -2.12. The summed E-state index contributed by atoms with van der Waals surface area (Å²) in [6.07, 6.45) is 2.40. The van der Waals surface area contributed by atoms with E-state index in [9.17, 15) is 9.59 Å². The van der Waals surface area contributed by atoms with Crippen LogP contribution in [0.15, 0.2) is 4.52 Å². The third-order valence-electron chi connectivity index (χ3n) is 2.36. The Labute approximate surface area is 117 Å². The molecule has 2 amide bonds. The van der Waals surface area contributed by atoms with Gasteiger partial charge in [0.25, 0.3) is 0 Å². The van der Waals surface area contributed by atoms with E-state index in [4.69, 9.17) is 4.52 Å². The summed E-state index contributed by atoms with van der Waals surface area (Å²) < 4.78 is 9.64. The Balaban J connectivity index is 2.16. The van der Waals surface area contributed by atoms with Gasteiger partial charge in [0.05, 0.1) is 6.61 Å². The molecule has 8 heteroatoms. The molecule has 0 aliphatic rings. The summed E-state index contributed by atoms with van der Waals surface area (Å²) in [6.45, 7) is 3.97. The summed E-state index contributed by atoms with van der Waals surface area (Å²) in [5, 5.41) is 3.82. The Bertz CT molecular complexity index is 433. The van der Waals surface area contributed by atoms with Crippen molar-refractivity contribution in [2.45, 2.75) is 46.0 Å². The molecule has 2 N–H and O–H groups in total. The minimum Gasteiger partial charge on any atom is -0.449 e. The third-order valence-corrected chi connectivity index (χ3v) is 2.36. The summed E-state index contributed by atoms with van der Waals surface area (Å²) in [6, 6.07) is 0. The van der Waals surface area contributed by atoms with Crippen molar-refractivity contribution in [2.24, 2.45) is 0 Å². The number of amides is 2. The fraction of sp³-hybridized carbons (Fsp3) is 0.667. The smallest absolute Gasteiger partial charge is 0.426 e. The fourth-order valence-electron chi connectivity index (χ4n) is 1.47. The van der Waals surface area contributed by atoms with E-state index in [0.29, 0.717) is 24.6 Å². The molecule has 1 rings (SSSR count). The molecule has 0 bridgehead atoms. The van der Waals surface area contributed by atoms with Crippen molar-refractivity contribution in [1.29, 1.82) is 0 Å². The number of carbonyl (C=O) groups is 2. The van der Waals surface area contributed by atoms with Crippen LogP contribution in [0.25, 0.3) is 0 Å². The molecular weight excluding hydrogens is 264 g/mol. The van der Waals surface area contributed by atoms with Crippen molar-refractivity contribution in [3.05, 3.63) is 11.7 Å². The quantitative estimate of drug-likeness (QED) is 0.727. The lowest BCUT2D eigenvalue weighted by atomic mass is 10.2. The number of aryl methyl sites for hydroxylation is 2. The Kier molecular flexibility index (Phi) is 7.08. The van der Waals surface area contributed by atoms with E-state index >= 15 is 0 Å². The first kappa shape index (κ1) is 15.9. The van der Waals surface area contributed by atoms with Crippen LogP contribution in [0.5, 0.6) is 0 Å². The molecule has 1 aromatic heterocycles. The zero-order chi connectivity index (χ0) is 14.8. The van der Waals surface area contributed by atoms with E-state index in [1.807, 2.05) is 6.92 Å². The summed E-state index contributed by atoms with van der Waals surface area (Å²) >= 11 is 0. The van der Waals surface area contributed by atoms with Gasteiger partial charge in [-0.3, -0.25) is 10.2 Å². The number of hydrogen-bond acceptors (Lipinski definition) is 6. The highest BCUT2D eigenvalue weighted by Crippen LogP contribution is 2.04. The first-order chi connectivity index (χ1) is 9.65. The van der Waals surface area contributed by atoms with Crippen molar-refractivity contribution < 1.29 is 18.8 Å². The first-order valence-corrected chi connectivity index (χ1v) is 6.68. The molecule has 0 atom stereocenters. The molecule has 1 heterocycles. The lowest BCUT2D eigenvalue weighted by Gasteiger charge is -2.06. The van der Waals surface area contributed by atoms with Gasteiger partial charge in [0.15, 0.2) is 5.82 Å². The highest BCUT2D eigenvalue weighted by molar-refractivity contribution is 5.78. The zero-order valence-corrected chi connectivity index (χ0v) is 11.8. The van der Waals surface area contributed by atoms with Crippen LogP contribution in [-0.2, 0) is 22.4 Å². The van der Waals surface area contributed by atoms with E-state index in [-0.39, 0.29) is 18.9 Å². The molecule has 0 aliphatic heterocycles. The van der Waals surface area contributed by atoms with E-state index in [2.05, 4.69) is 25.7 Å². The summed E-state index contributed by atoms with van der Waals surface area (Å²) in [7, 11) is 0. The molecular formula is C12H20N4O4. The molecule has 8 nitrogen and oxygen atoms in total. The minimum atomic E-state index is -0.679. The van der Waals surface area contributed by atoms with Gasteiger partial charge in [0, 0.05) is 19.3 Å². The Morgan fingerprint density at radius 2 is 2.05 bits per heavy atom. The Morgan fingerprint density at radius 3 is 2.75 bits per heavy atom. The number of hydrazine groups is 1. The lowest BCUT2D eigenvalue weighted by molar-refractivity contribution is -0.122. The van der Waals surface area contributed by atoms with Crippen LogP contribution in [0, 0.1) is 0 Å². The highest BCUT2D eigenvalue weighted by atomic mass is 16.6. The van der Waals surface area contributed by atoms with Gasteiger partial charge >= 0.3 is 6.09 Å². The van der Waals surface area contributed by atoms with Gasteiger partial charge in [-0.2, -0.15) is 4.98 Å². The van der Waals surface area contributed by atoms with Crippen molar-refractivity contribution in [2.75, 3.05) is 6.61 Å². The number of carbonyl (C=O) groups excluding carboxylic acids is 2. The minimum absolute atomic E-state index is 0.248. The predicted octanol–water partition coefficient (Wildman–Crippen LogP) is 1.12. The van der Waals surface area contributed by atoms with Crippen LogP contribution in [0.4, 0.5) is 4.79 Å². The molecule has 0 aliphatic carbocycles. The van der Waals surface area contributed by atoms with E-state index < -0.39 is 6.09 Å². The monoisotopic (exact) mass is 284 g/mol. The predicted molar refractivity (Wildman–Crippen MR) is 69.5 cm³/mol. The zero-order valence-electron chi connectivity index (χ0n) is 11.8. The molecule has 20 heavy (non-hydrogen) atoms. The number of aromatic nitrogens is 2. The average molecular weight is 284 g/mol. The average Bonchev–Trinajstić information content (AvgIpc) is 2.85.